The lowest BCUT2D eigenvalue weighted by Crippen LogP contribution is -2.12. The Morgan fingerprint density at radius 1 is 1.78 bits per heavy atom. The van der Waals surface area contributed by atoms with E-state index in [1.807, 2.05) is 6.92 Å². The highest BCUT2D eigenvalue weighted by atomic mass is 35.5. The van der Waals surface area contributed by atoms with Gasteiger partial charge in [-0.05, 0) is 6.92 Å². The first kappa shape index (κ1) is 6.90. The fourth-order valence-electron chi connectivity index (χ4n) is 0.559. The van der Waals surface area contributed by atoms with Crippen molar-refractivity contribution in [3.63, 3.8) is 0 Å². The second kappa shape index (κ2) is 2.58. The third kappa shape index (κ3) is 1.60. The van der Waals surface area contributed by atoms with Gasteiger partial charge >= 0.3 is 0 Å². The largest absolute Gasteiger partial charge is 0.271 e. The van der Waals surface area contributed by atoms with Crippen LogP contribution < -0.4 is 0 Å². The third-order valence-corrected chi connectivity index (χ3v) is 1.63. The monoisotopic (exact) mass is 164 g/mol. The molecule has 2 nitrogen and oxygen atoms in total. The van der Waals surface area contributed by atoms with Gasteiger partial charge in [-0.15, -0.1) is 0 Å². The first-order chi connectivity index (χ1) is 4.20. The molecule has 9 heavy (non-hydrogen) atoms. The number of nitrogens with zero attached hydrogens (tertiary/aromatic N) is 2. The fourth-order valence-corrected chi connectivity index (χ4v) is 0.861. The van der Waals surface area contributed by atoms with Crippen molar-refractivity contribution in [3.05, 3.63) is 11.8 Å². The van der Waals surface area contributed by atoms with Crippen molar-refractivity contribution < 1.29 is 0 Å². The topological polar surface area (TPSA) is 15.6 Å². The summed E-state index contributed by atoms with van der Waals surface area (Å²) in [5.41, 5.74) is 0.901. The van der Waals surface area contributed by atoms with Crippen molar-refractivity contribution in [1.82, 2.24) is 4.42 Å². The molecule has 0 saturated carbocycles. The molecule has 0 bridgehead atoms. The van der Waals surface area contributed by atoms with E-state index >= 15 is 0 Å². The molecule has 1 heterocycles. The molecule has 0 N–H and O–H groups in total. The Balaban J connectivity index is 2.75. The van der Waals surface area contributed by atoms with E-state index in [1.54, 1.807) is 6.20 Å². The zero-order chi connectivity index (χ0) is 6.85. The van der Waals surface area contributed by atoms with E-state index in [1.165, 1.54) is 4.42 Å². The van der Waals surface area contributed by atoms with Gasteiger partial charge in [0.25, 0.3) is 0 Å². The van der Waals surface area contributed by atoms with Crippen LogP contribution in [-0.4, -0.2) is 16.3 Å². The number of aliphatic imine (C=N–C) groups is 1. The van der Waals surface area contributed by atoms with Crippen LogP contribution in [0.15, 0.2) is 16.8 Å². The highest BCUT2D eigenvalue weighted by Gasteiger charge is 2.05. The lowest BCUT2D eigenvalue weighted by atomic mass is 10.3. The lowest BCUT2D eigenvalue weighted by molar-refractivity contribution is 0.612. The van der Waals surface area contributed by atoms with E-state index in [-0.39, 0.29) is 0 Å². The van der Waals surface area contributed by atoms with Crippen molar-refractivity contribution in [3.8, 4) is 0 Å². The van der Waals surface area contributed by atoms with E-state index < -0.39 is 0 Å². The highest BCUT2D eigenvalue weighted by Crippen LogP contribution is 2.11. The van der Waals surface area contributed by atoms with Crippen LogP contribution in [0.2, 0.25) is 0 Å². The van der Waals surface area contributed by atoms with Crippen LogP contribution in [0.3, 0.4) is 0 Å². The highest BCUT2D eigenvalue weighted by molar-refractivity contribution is 6.69. The Morgan fingerprint density at radius 2 is 2.44 bits per heavy atom. The Kier molecular flexibility index (Phi) is 1.98. The molecule has 0 saturated heterocycles. The zero-order valence-corrected chi connectivity index (χ0v) is 6.45. The second-order valence-corrected chi connectivity index (χ2v) is 2.59. The maximum absolute atomic E-state index is 5.63. The molecule has 50 valence electrons. The van der Waals surface area contributed by atoms with Crippen molar-refractivity contribution in [2.75, 3.05) is 6.67 Å². The summed E-state index contributed by atoms with van der Waals surface area (Å²) in [4.78, 5) is 3.90. The molecule has 0 radical (unpaired) electrons. The summed E-state index contributed by atoms with van der Waals surface area (Å²) >= 11 is 11.2. The fraction of sp³-hybridized carbons (Fsp3) is 0.400. The van der Waals surface area contributed by atoms with Crippen LogP contribution in [0, 0.1) is 0 Å². The Hall–Kier alpha value is -0.210. The molecule has 4 heteroatoms. The summed E-state index contributed by atoms with van der Waals surface area (Å²) in [7, 11) is 0. The molecule has 0 atom stereocenters. The summed E-state index contributed by atoms with van der Waals surface area (Å²) in [6.45, 7) is 2.30. The number of hydrogen-bond acceptors (Lipinski definition) is 2. The van der Waals surface area contributed by atoms with E-state index in [2.05, 4.69) is 4.99 Å². The minimum atomic E-state index is 0.442. The van der Waals surface area contributed by atoms with Gasteiger partial charge in [0.2, 0.25) is 0 Å². The van der Waals surface area contributed by atoms with Gasteiger partial charge in [-0.2, -0.15) is 0 Å². The second-order valence-electron chi connectivity index (χ2n) is 1.80. The van der Waals surface area contributed by atoms with E-state index in [0.29, 0.717) is 11.8 Å². The molecule has 1 rings (SSSR count). The summed E-state index contributed by atoms with van der Waals surface area (Å²) in [5, 5.41) is 0.548. The minimum Gasteiger partial charge on any atom is -0.271 e. The smallest absolute Gasteiger partial charge is 0.130 e. The van der Waals surface area contributed by atoms with Gasteiger partial charge in [0, 0.05) is 23.5 Å². The Labute approximate surface area is 63.9 Å². The number of rotatable bonds is 0. The van der Waals surface area contributed by atoms with Gasteiger partial charge in [-0.1, -0.05) is 11.6 Å². The molecular formula is C5H6Cl2N2. The molecule has 0 amide bonds. The van der Waals surface area contributed by atoms with Crippen LogP contribution in [0.25, 0.3) is 0 Å². The van der Waals surface area contributed by atoms with Crippen LogP contribution in [-0.2, 0) is 0 Å². The molecule has 0 aliphatic carbocycles. The average molecular weight is 165 g/mol. The molecular weight excluding hydrogens is 159 g/mol. The van der Waals surface area contributed by atoms with Gasteiger partial charge in [-0.3, -0.25) is 9.41 Å². The van der Waals surface area contributed by atoms with Crippen LogP contribution in [0.4, 0.5) is 0 Å². The number of hydrogen-bond donors (Lipinski definition) is 0. The standard InChI is InChI=1S/C5H6Cl2N2/c1-4-2-9(7)3-8-5(4)6/h2H,3H2,1H3. The zero-order valence-electron chi connectivity index (χ0n) is 4.93. The molecule has 1 aliphatic rings. The van der Waals surface area contributed by atoms with E-state index in [4.69, 9.17) is 23.4 Å². The predicted molar refractivity (Wildman–Crippen MR) is 39.6 cm³/mol. The first-order valence-electron chi connectivity index (χ1n) is 2.51. The first-order valence-corrected chi connectivity index (χ1v) is 3.23. The van der Waals surface area contributed by atoms with Gasteiger partial charge in [0.05, 0.1) is 0 Å². The minimum absolute atomic E-state index is 0.442. The summed E-state index contributed by atoms with van der Waals surface area (Å²) in [5.74, 6) is 0. The predicted octanol–water partition coefficient (Wildman–Crippen LogP) is 1.95. The van der Waals surface area contributed by atoms with Crippen molar-refractivity contribution >= 4 is 28.5 Å². The summed E-state index contributed by atoms with van der Waals surface area (Å²) < 4.78 is 1.46. The van der Waals surface area contributed by atoms with Crippen molar-refractivity contribution in [1.29, 1.82) is 0 Å². The SMILES string of the molecule is CC1=CN(Cl)CN=C1Cl. The van der Waals surface area contributed by atoms with Gasteiger partial charge in [0.15, 0.2) is 0 Å². The summed E-state index contributed by atoms with van der Waals surface area (Å²) in [6.07, 6.45) is 1.75. The molecule has 0 aromatic heterocycles. The maximum atomic E-state index is 5.63. The van der Waals surface area contributed by atoms with Gasteiger partial charge < -0.3 is 0 Å². The van der Waals surface area contributed by atoms with Crippen molar-refractivity contribution in [2.45, 2.75) is 6.92 Å². The van der Waals surface area contributed by atoms with Crippen molar-refractivity contribution in [2.24, 2.45) is 4.99 Å². The van der Waals surface area contributed by atoms with Crippen LogP contribution in [0.1, 0.15) is 6.92 Å². The maximum Gasteiger partial charge on any atom is 0.130 e. The third-order valence-electron chi connectivity index (χ3n) is 1.00. The molecule has 0 spiro atoms. The van der Waals surface area contributed by atoms with Gasteiger partial charge in [-0.25, -0.2) is 0 Å². The lowest BCUT2D eigenvalue weighted by Gasteiger charge is -2.13. The molecule has 0 unspecified atom stereocenters. The molecule has 1 aliphatic heterocycles. The normalized spacial score (nSPS) is 19.2. The van der Waals surface area contributed by atoms with Crippen LogP contribution in [0.5, 0.6) is 0 Å². The molecule has 0 aromatic carbocycles. The molecule has 0 aromatic rings. The number of allylic oxidation sites excluding steroid dienone is 1. The Morgan fingerprint density at radius 3 is 2.89 bits per heavy atom. The Bertz CT molecular complexity index is 174. The van der Waals surface area contributed by atoms with E-state index in [0.717, 1.165) is 5.57 Å². The van der Waals surface area contributed by atoms with Gasteiger partial charge in [0.1, 0.15) is 11.8 Å². The molecule has 0 fully saturated rings. The quantitative estimate of drug-likeness (QED) is 0.501. The number of halogens is 2. The van der Waals surface area contributed by atoms with E-state index in [9.17, 15) is 0 Å². The average Bonchev–Trinajstić information content (AvgIpc) is 1.80. The van der Waals surface area contributed by atoms with Crippen LogP contribution >= 0.6 is 23.4 Å². The summed E-state index contributed by atoms with van der Waals surface area (Å²) in [6, 6.07) is 0.